The van der Waals surface area contributed by atoms with Gasteiger partial charge in [-0.3, -0.25) is 4.79 Å². The highest BCUT2D eigenvalue weighted by Gasteiger charge is 2.16. The molecule has 0 heterocycles. The molecule has 0 saturated heterocycles. The summed E-state index contributed by atoms with van der Waals surface area (Å²) < 4.78 is 0. The predicted molar refractivity (Wildman–Crippen MR) is 78.9 cm³/mol. The summed E-state index contributed by atoms with van der Waals surface area (Å²) in [6.45, 7) is 5.00. The van der Waals surface area contributed by atoms with Gasteiger partial charge in [-0.2, -0.15) is 0 Å². The molecule has 0 aromatic heterocycles. The van der Waals surface area contributed by atoms with Gasteiger partial charge in [-0.15, -0.1) is 0 Å². The summed E-state index contributed by atoms with van der Waals surface area (Å²) in [5, 5.41) is 2.96. The molecule has 106 valence electrons. The van der Waals surface area contributed by atoms with Gasteiger partial charge in [-0.05, 0) is 25.6 Å². The van der Waals surface area contributed by atoms with E-state index in [1.165, 1.54) is 0 Å². The molecular formula is C15H25N3O. The van der Waals surface area contributed by atoms with Crippen LogP contribution in [-0.4, -0.2) is 44.0 Å². The van der Waals surface area contributed by atoms with Crippen molar-refractivity contribution in [3.63, 3.8) is 0 Å². The van der Waals surface area contributed by atoms with Gasteiger partial charge in [0.2, 0.25) is 5.91 Å². The maximum Gasteiger partial charge on any atom is 0.224 e. The van der Waals surface area contributed by atoms with Crippen molar-refractivity contribution in [1.82, 2.24) is 10.2 Å². The summed E-state index contributed by atoms with van der Waals surface area (Å²) in [4.78, 5) is 14.2. The molecule has 1 amide bonds. The Hall–Kier alpha value is -1.39. The van der Waals surface area contributed by atoms with Gasteiger partial charge in [0.15, 0.2) is 0 Å². The molecule has 0 spiro atoms. The van der Waals surface area contributed by atoms with Gasteiger partial charge in [0, 0.05) is 19.6 Å². The number of nitrogens with one attached hydrogen (secondary N) is 1. The molecule has 0 bridgehead atoms. The summed E-state index contributed by atoms with van der Waals surface area (Å²) in [5.74, 6) is -0.0924. The molecule has 0 saturated carbocycles. The first-order valence-corrected chi connectivity index (χ1v) is 6.87. The molecule has 1 aromatic carbocycles. The monoisotopic (exact) mass is 263 g/mol. The van der Waals surface area contributed by atoms with Crippen molar-refractivity contribution < 1.29 is 4.79 Å². The number of carbonyl (C=O) groups is 1. The zero-order valence-electron chi connectivity index (χ0n) is 11.9. The van der Waals surface area contributed by atoms with E-state index in [-0.39, 0.29) is 11.8 Å². The lowest BCUT2D eigenvalue weighted by molar-refractivity contribution is -0.124. The molecule has 1 aromatic rings. The first-order valence-electron chi connectivity index (χ1n) is 6.87. The molecular weight excluding hydrogens is 238 g/mol. The summed E-state index contributed by atoms with van der Waals surface area (Å²) in [6, 6.07) is 10.00. The van der Waals surface area contributed by atoms with E-state index in [4.69, 9.17) is 5.73 Å². The topological polar surface area (TPSA) is 58.4 Å². The van der Waals surface area contributed by atoms with Crippen molar-refractivity contribution in [2.24, 2.45) is 11.7 Å². The highest BCUT2D eigenvalue weighted by atomic mass is 16.1. The first kappa shape index (κ1) is 15.7. The van der Waals surface area contributed by atoms with Crippen molar-refractivity contribution in [2.45, 2.75) is 13.3 Å². The lowest BCUT2D eigenvalue weighted by atomic mass is 9.98. The number of hydrogen-bond acceptors (Lipinski definition) is 3. The van der Waals surface area contributed by atoms with Crippen LogP contribution in [0.5, 0.6) is 0 Å². The lowest BCUT2D eigenvalue weighted by Crippen LogP contribution is -2.39. The Kier molecular flexibility index (Phi) is 7.15. The van der Waals surface area contributed by atoms with E-state index in [9.17, 15) is 4.79 Å². The standard InChI is InChI=1S/C15H25N3O/c1-3-18(2)10-9-17-15(19)14(12-16)11-13-7-5-4-6-8-13/h4-8,14H,3,9-12,16H2,1-2H3,(H,17,19). The van der Waals surface area contributed by atoms with Crippen molar-refractivity contribution in [1.29, 1.82) is 0 Å². The van der Waals surface area contributed by atoms with Gasteiger partial charge in [0.25, 0.3) is 0 Å². The third-order valence-corrected chi connectivity index (χ3v) is 3.31. The van der Waals surface area contributed by atoms with E-state index < -0.39 is 0 Å². The molecule has 0 aliphatic rings. The van der Waals surface area contributed by atoms with Gasteiger partial charge in [0.05, 0.1) is 5.92 Å². The van der Waals surface area contributed by atoms with Crippen LogP contribution in [0, 0.1) is 5.92 Å². The molecule has 3 N–H and O–H groups in total. The quantitative estimate of drug-likeness (QED) is 0.732. The molecule has 1 atom stereocenters. The Morgan fingerprint density at radius 3 is 2.63 bits per heavy atom. The van der Waals surface area contributed by atoms with Crippen LogP contribution in [0.2, 0.25) is 0 Å². The van der Waals surface area contributed by atoms with Gasteiger partial charge < -0.3 is 16.0 Å². The van der Waals surface area contributed by atoms with Crippen molar-refractivity contribution in [2.75, 3.05) is 33.2 Å². The molecule has 0 fully saturated rings. The smallest absolute Gasteiger partial charge is 0.224 e. The highest BCUT2D eigenvalue weighted by molar-refractivity contribution is 5.79. The molecule has 0 radical (unpaired) electrons. The summed E-state index contributed by atoms with van der Waals surface area (Å²) in [7, 11) is 2.04. The Morgan fingerprint density at radius 2 is 2.05 bits per heavy atom. The Labute approximate surface area is 116 Å². The van der Waals surface area contributed by atoms with Crippen molar-refractivity contribution in [3.05, 3.63) is 35.9 Å². The summed E-state index contributed by atoms with van der Waals surface area (Å²) in [6.07, 6.45) is 0.701. The minimum atomic E-state index is -0.144. The number of nitrogens with zero attached hydrogens (tertiary/aromatic N) is 1. The summed E-state index contributed by atoms with van der Waals surface area (Å²) >= 11 is 0. The number of nitrogens with two attached hydrogens (primary N) is 1. The van der Waals surface area contributed by atoms with E-state index in [2.05, 4.69) is 17.1 Å². The largest absolute Gasteiger partial charge is 0.355 e. The molecule has 4 nitrogen and oxygen atoms in total. The van der Waals surface area contributed by atoms with E-state index in [1.54, 1.807) is 0 Å². The fourth-order valence-corrected chi connectivity index (χ4v) is 1.85. The number of rotatable bonds is 8. The van der Waals surface area contributed by atoms with E-state index in [1.807, 2.05) is 37.4 Å². The van der Waals surface area contributed by atoms with E-state index in [0.717, 1.165) is 18.7 Å². The van der Waals surface area contributed by atoms with Crippen LogP contribution in [0.3, 0.4) is 0 Å². The number of carbonyl (C=O) groups excluding carboxylic acids is 1. The second-order valence-corrected chi connectivity index (χ2v) is 4.81. The third-order valence-electron chi connectivity index (χ3n) is 3.31. The Bertz CT molecular complexity index is 367. The lowest BCUT2D eigenvalue weighted by Gasteiger charge is -2.17. The number of hydrogen-bond donors (Lipinski definition) is 2. The fraction of sp³-hybridized carbons (Fsp3) is 0.533. The van der Waals surface area contributed by atoms with Gasteiger partial charge in [-0.1, -0.05) is 37.3 Å². The van der Waals surface area contributed by atoms with Gasteiger partial charge in [-0.25, -0.2) is 0 Å². The Morgan fingerprint density at radius 1 is 1.37 bits per heavy atom. The number of amides is 1. The number of likely N-dealkylation sites (N-methyl/N-ethyl adjacent to an activating group) is 1. The van der Waals surface area contributed by atoms with E-state index in [0.29, 0.717) is 19.5 Å². The molecule has 1 rings (SSSR count). The van der Waals surface area contributed by atoms with Crippen LogP contribution in [0.1, 0.15) is 12.5 Å². The van der Waals surface area contributed by atoms with Crippen LogP contribution >= 0.6 is 0 Å². The van der Waals surface area contributed by atoms with Crippen molar-refractivity contribution in [3.8, 4) is 0 Å². The SMILES string of the molecule is CCN(C)CCNC(=O)C(CN)Cc1ccccc1. The first-order chi connectivity index (χ1) is 9.17. The third kappa shape index (κ3) is 5.85. The van der Waals surface area contributed by atoms with Crippen molar-refractivity contribution >= 4 is 5.91 Å². The minimum Gasteiger partial charge on any atom is -0.355 e. The van der Waals surface area contributed by atoms with E-state index >= 15 is 0 Å². The Balaban J connectivity index is 2.39. The number of benzene rings is 1. The molecule has 19 heavy (non-hydrogen) atoms. The second kappa shape index (κ2) is 8.67. The summed E-state index contributed by atoms with van der Waals surface area (Å²) in [5.41, 5.74) is 6.86. The second-order valence-electron chi connectivity index (χ2n) is 4.81. The highest BCUT2D eigenvalue weighted by Crippen LogP contribution is 2.07. The minimum absolute atomic E-state index is 0.0517. The van der Waals surface area contributed by atoms with Crippen LogP contribution in [0.15, 0.2) is 30.3 Å². The predicted octanol–water partition coefficient (Wildman–Crippen LogP) is 0.872. The van der Waals surface area contributed by atoms with Gasteiger partial charge in [0.1, 0.15) is 0 Å². The molecule has 4 heteroatoms. The van der Waals surface area contributed by atoms with Gasteiger partial charge >= 0.3 is 0 Å². The fourth-order valence-electron chi connectivity index (χ4n) is 1.85. The van der Waals surface area contributed by atoms with Crippen LogP contribution < -0.4 is 11.1 Å². The van der Waals surface area contributed by atoms with Crippen LogP contribution in [0.4, 0.5) is 0 Å². The molecule has 1 unspecified atom stereocenters. The normalized spacial score (nSPS) is 12.4. The molecule has 0 aliphatic carbocycles. The average Bonchev–Trinajstić information content (AvgIpc) is 2.45. The average molecular weight is 263 g/mol. The molecule has 0 aliphatic heterocycles. The maximum atomic E-state index is 12.0. The zero-order valence-corrected chi connectivity index (χ0v) is 11.9. The van der Waals surface area contributed by atoms with Crippen LogP contribution in [0.25, 0.3) is 0 Å². The maximum absolute atomic E-state index is 12.0. The zero-order chi connectivity index (χ0) is 14.1. The van der Waals surface area contributed by atoms with Crippen LogP contribution in [-0.2, 0) is 11.2 Å².